The van der Waals surface area contributed by atoms with E-state index in [9.17, 15) is 32.3 Å². The summed E-state index contributed by atoms with van der Waals surface area (Å²) in [6, 6.07) is 23.1. The van der Waals surface area contributed by atoms with Gasteiger partial charge in [0.25, 0.3) is 5.91 Å². The molecule has 4 aromatic carbocycles. The molecule has 3 amide bonds. The minimum Gasteiger partial charge on any atom is -0.483 e. The van der Waals surface area contributed by atoms with Gasteiger partial charge in [-0.1, -0.05) is 65.4 Å². The van der Waals surface area contributed by atoms with Crippen molar-refractivity contribution >= 4 is 74.6 Å². The predicted octanol–water partition coefficient (Wildman–Crippen LogP) is 7.96. The number of rotatable bonds is 6. The third kappa shape index (κ3) is 5.27. The topological polar surface area (TPSA) is 109 Å². The summed E-state index contributed by atoms with van der Waals surface area (Å²) in [6.45, 7) is -0.329. The molecule has 3 fully saturated rings. The minimum absolute atomic E-state index is 0.230. The number of hydrogen-bond donors (Lipinski definition) is 2. The Kier molecular flexibility index (Phi) is 7.83. The van der Waals surface area contributed by atoms with Gasteiger partial charge >= 0.3 is 11.0 Å². The lowest BCUT2D eigenvalue weighted by atomic mass is 9.68. The van der Waals surface area contributed by atoms with Gasteiger partial charge in [-0.05, 0) is 77.4 Å². The minimum atomic E-state index is -4.77. The molecule has 0 radical (unpaired) electrons. The molecule has 7 atom stereocenters. The second kappa shape index (κ2) is 12.2. The number of para-hydroxylation sites is 1. The van der Waals surface area contributed by atoms with Gasteiger partial charge < -0.3 is 15.0 Å². The standard InChI is InChI=1S/C38H27ClF3N3O5S2/c39-19-10-12-26(50-16-27(46)43-20-11-9-17-5-1-2-6-18(17)13-20)21(14-19)28-29-22-15-23(32(29)51-34-33(28)52-37(49)44-34)31-30(22)35(47)45(36(31)48)25-8-4-3-7-24(25)38(40,41)42/h1-14,22-23,28-32H,15-16H2,(H,43,46)(H,44,49)/t22-,23-,28-,29?,30?,31?,32?/m1/s1. The maximum atomic E-state index is 14.1. The number of alkyl halides is 3. The molecular weight excluding hydrogens is 735 g/mol. The van der Waals surface area contributed by atoms with Crippen molar-refractivity contribution in [1.29, 1.82) is 0 Å². The van der Waals surface area contributed by atoms with Crippen molar-refractivity contribution in [3.8, 4) is 5.75 Å². The van der Waals surface area contributed by atoms with Crippen molar-refractivity contribution in [2.24, 2.45) is 29.6 Å². The Bertz CT molecular complexity index is 2380. The molecule has 1 aromatic heterocycles. The summed E-state index contributed by atoms with van der Waals surface area (Å²) in [5.41, 5.74) is -0.268. The van der Waals surface area contributed by atoms with Gasteiger partial charge in [0.2, 0.25) is 11.8 Å². The van der Waals surface area contributed by atoms with Gasteiger partial charge in [0.1, 0.15) is 5.75 Å². The number of ether oxygens (including phenoxy) is 1. The van der Waals surface area contributed by atoms with Crippen molar-refractivity contribution in [2.75, 3.05) is 16.8 Å². The van der Waals surface area contributed by atoms with E-state index in [1.165, 1.54) is 30.0 Å². The molecule has 264 valence electrons. The smallest absolute Gasteiger partial charge is 0.418 e. The van der Waals surface area contributed by atoms with Crippen LogP contribution in [0.4, 0.5) is 24.5 Å². The van der Waals surface area contributed by atoms with Crippen LogP contribution in [-0.2, 0) is 20.6 Å². The van der Waals surface area contributed by atoms with E-state index < -0.39 is 52.9 Å². The van der Waals surface area contributed by atoms with Gasteiger partial charge in [-0.2, -0.15) is 13.2 Å². The van der Waals surface area contributed by atoms with Gasteiger partial charge in [0.15, 0.2) is 6.61 Å². The van der Waals surface area contributed by atoms with Crippen molar-refractivity contribution in [3.63, 3.8) is 0 Å². The molecule has 4 unspecified atom stereocenters. The number of halogens is 4. The molecule has 5 aromatic rings. The number of amides is 3. The molecule has 2 bridgehead atoms. The second-order valence-corrected chi connectivity index (χ2v) is 16.2. The van der Waals surface area contributed by atoms with Crippen molar-refractivity contribution in [2.45, 2.75) is 28.8 Å². The third-order valence-corrected chi connectivity index (χ3v) is 13.7. The monoisotopic (exact) mass is 761 g/mol. The summed E-state index contributed by atoms with van der Waals surface area (Å²) in [5.74, 6) is -4.36. The van der Waals surface area contributed by atoms with Crippen LogP contribution in [0.25, 0.3) is 10.8 Å². The number of aromatic nitrogens is 1. The fraction of sp³-hybridized carbons (Fsp3) is 0.263. The molecule has 2 saturated carbocycles. The van der Waals surface area contributed by atoms with E-state index in [1.807, 2.05) is 42.5 Å². The molecule has 0 spiro atoms. The Morgan fingerprint density at radius 2 is 1.65 bits per heavy atom. The Balaban J connectivity index is 1.05. The van der Waals surface area contributed by atoms with Crippen LogP contribution in [-0.4, -0.2) is 34.6 Å². The predicted molar refractivity (Wildman–Crippen MR) is 192 cm³/mol. The highest BCUT2D eigenvalue weighted by atomic mass is 35.5. The van der Waals surface area contributed by atoms with Crippen LogP contribution in [0, 0.1) is 29.6 Å². The number of thiazole rings is 1. The number of benzene rings is 4. The number of nitrogens with one attached hydrogen (secondary N) is 2. The summed E-state index contributed by atoms with van der Waals surface area (Å²) in [4.78, 5) is 58.2. The quantitative estimate of drug-likeness (QED) is 0.170. The van der Waals surface area contributed by atoms with E-state index >= 15 is 0 Å². The van der Waals surface area contributed by atoms with Gasteiger partial charge in [-0.15, -0.1) is 11.8 Å². The van der Waals surface area contributed by atoms with E-state index in [-0.39, 0.29) is 34.5 Å². The average molecular weight is 762 g/mol. The lowest BCUT2D eigenvalue weighted by Gasteiger charge is -2.43. The molecule has 8 nitrogen and oxygen atoms in total. The molecule has 3 heterocycles. The first kappa shape index (κ1) is 33.3. The maximum absolute atomic E-state index is 14.1. The van der Waals surface area contributed by atoms with Crippen LogP contribution in [0.5, 0.6) is 5.75 Å². The second-order valence-electron chi connectivity index (χ2n) is 13.6. The molecule has 9 rings (SSSR count). The molecule has 2 N–H and O–H groups in total. The van der Waals surface area contributed by atoms with Crippen LogP contribution >= 0.6 is 34.7 Å². The van der Waals surface area contributed by atoms with Crippen molar-refractivity contribution < 1.29 is 32.3 Å². The van der Waals surface area contributed by atoms with Crippen molar-refractivity contribution in [1.82, 2.24) is 4.98 Å². The summed E-state index contributed by atoms with van der Waals surface area (Å²) < 4.78 is 48.3. The van der Waals surface area contributed by atoms with Crippen LogP contribution in [0.3, 0.4) is 0 Å². The van der Waals surface area contributed by atoms with Crippen LogP contribution < -0.4 is 19.8 Å². The first-order valence-corrected chi connectivity index (χ1v) is 18.7. The van der Waals surface area contributed by atoms with Gasteiger partial charge in [-0.3, -0.25) is 19.2 Å². The molecule has 52 heavy (non-hydrogen) atoms. The zero-order chi connectivity index (χ0) is 36.1. The molecule has 2 aliphatic carbocycles. The van der Waals surface area contributed by atoms with Crippen LogP contribution in [0.1, 0.15) is 28.3 Å². The average Bonchev–Trinajstić information content (AvgIpc) is 3.86. The van der Waals surface area contributed by atoms with E-state index in [0.717, 1.165) is 38.0 Å². The molecule has 4 aliphatic rings. The maximum Gasteiger partial charge on any atom is 0.418 e. The van der Waals surface area contributed by atoms with Gasteiger partial charge in [0, 0.05) is 32.3 Å². The third-order valence-electron chi connectivity index (χ3n) is 10.9. The number of anilines is 2. The summed E-state index contributed by atoms with van der Waals surface area (Å²) >= 11 is 9.07. The highest BCUT2D eigenvalue weighted by molar-refractivity contribution is 8.00. The van der Waals surface area contributed by atoms with E-state index in [0.29, 0.717) is 33.5 Å². The van der Waals surface area contributed by atoms with Crippen LogP contribution in [0.15, 0.2) is 94.7 Å². The number of fused-ring (bicyclic) bond motifs is 10. The summed E-state index contributed by atoms with van der Waals surface area (Å²) in [7, 11) is 0. The fourth-order valence-electron chi connectivity index (χ4n) is 9.01. The van der Waals surface area contributed by atoms with Gasteiger partial charge in [-0.25, -0.2) is 4.90 Å². The number of nitrogens with zero attached hydrogens (tertiary/aromatic N) is 1. The first-order chi connectivity index (χ1) is 25.0. The Labute approximate surface area is 307 Å². The fourth-order valence-corrected chi connectivity index (χ4v) is 12.1. The number of aromatic amines is 1. The summed E-state index contributed by atoms with van der Waals surface area (Å²) in [6.07, 6.45) is -4.23. The Morgan fingerprint density at radius 1 is 0.923 bits per heavy atom. The molecule has 1 saturated heterocycles. The number of imide groups is 1. The number of carbonyl (C=O) groups is 3. The normalized spacial score (nSPS) is 26.0. The SMILES string of the molecule is O=C(COc1ccc(Cl)cc1[C@H]1c2sc(=O)[nH]c2SC2C1[C@H]1C[C@@H]2C2C(=O)N(c3ccccc3C(F)(F)F)C(=O)C21)Nc1ccc2ccccc2c1. The lowest BCUT2D eigenvalue weighted by Crippen LogP contribution is -2.42. The van der Waals surface area contributed by atoms with E-state index in [4.69, 9.17) is 16.3 Å². The zero-order valence-electron chi connectivity index (χ0n) is 26.9. The first-order valence-electron chi connectivity index (χ1n) is 16.6. The Hall–Kier alpha value is -4.59. The highest BCUT2D eigenvalue weighted by Crippen LogP contribution is 2.69. The molecule has 2 aliphatic heterocycles. The number of hydrogen-bond acceptors (Lipinski definition) is 7. The van der Waals surface area contributed by atoms with Gasteiger partial charge in [0.05, 0.1) is 28.1 Å². The zero-order valence-corrected chi connectivity index (χ0v) is 29.2. The number of H-pyrrole nitrogens is 1. The van der Waals surface area contributed by atoms with Crippen molar-refractivity contribution in [3.05, 3.63) is 116 Å². The summed E-state index contributed by atoms with van der Waals surface area (Å²) in [5, 5.41) is 5.68. The number of carbonyl (C=O) groups excluding carboxylic acids is 3. The lowest BCUT2D eigenvalue weighted by molar-refractivity contribution is -0.137. The largest absolute Gasteiger partial charge is 0.483 e. The molecule has 14 heteroatoms. The molecular formula is C38H27ClF3N3O5S2. The number of thioether (sulfide) groups is 1. The van der Waals surface area contributed by atoms with Crippen LogP contribution in [0.2, 0.25) is 5.02 Å². The van der Waals surface area contributed by atoms with E-state index in [2.05, 4.69) is 10.3 Å². The Morgan fingerprint density at radius 3 is 2.44 bits per heavy atom. The highest BCUT2D eigenvalue weighted by Gasteiger charge is 2.70. The van der Waals surface area contributed by atoms with E-state index in [1.54, 1.807) is 18.2 Å².